The van der Waals surface area contributed by atoms with Crippen molar-refractivity contribution in [2.45, 2.75) is 214 Å². The second-order valence-corrected chi connectivity index (χ2v) is 16.0. The average molecular weight is 798 g/mol. The Bertz CT molecular complexity index is 946. The van der Waals surface area contributed by atoms with Crippen LogP contribution >= 0.6 is 0 Å². The van der Waals surface area contributed by atoms with E-state index in [9.17, 15) is 24.3 Å². The lowest BCUT2D eigenvalue weighted by atomic mass is 9.94. The fourth-order valence-electron chi connectivity index (χ4n) is 6.99. The van der Waals surface area contributed by atoms with E-state index in [1.807, 2.05) is 0 Å². The molecule has 0 amide bonds. The molecule has 0 saturated heterocycles. The highest BCUT2D eigenvalue weighted by Crippen LogP contribution is 2.22. The Balaban J connectivity index is 4.78. The largest absolute Gasteiger partial charge is 0.465 e. The number of hydrogen-bond acceptors (Lipinski definition) is 10. The number of carbonyl (C=O) groups is 4. The Morgan fingerprint density at radius 1 is 0.500 bits per heavy atom. The second kappa shape index (κ2) is 39.6. The summed E-state index contributed by atoms with van der Waals surface area (Å²) in [5.41, 5.74) is 0. The summed E-state index contributed by atoms with van der Waals surface area (Å²) in [5.74, 6) is -1.41. The molecule has 0 aromatic rings. The molecule has 0 fully saturated rings. The molecule has 0 rings (SSSR count). The van der Waals surface area contributed by atoms with E-state index in [4.69, 9.17) is 18.9 Å². The van der Waals surface area contributed by atoms with E-state index in [0.717, 1.165) is 89.9 Å². The summed E-state index contributed by atoms with van der Waals surface area (Å²) in [6, 6.07) is 0. The minimum absolute atomic E-state index is 0.0575. The molecule has 1 N–H and O–H groups in total. The van der Waals surface area contributed by atoms with Crippen molar-refractivity contribution in [3.05, 3.63) is 0 Å². The van der Waals surface area contributed by atoms with Gasteiger partial charge in [0.05, 0.1) is 31.7 Å². The summed E-state index contributed by atoms with van der Waals surface area (Å²) in [6.45, 7) is 9.58. The molecular formula is C46H87NO9. The standard InChI is InChI=1S/C46H87NO9/c1-6-10-14-18-20-24-30-40(28-22-16-12-8-3)45(51)53-36-26-32-43(49)55-39-42(38-47(5)34-35-48)56-44(50)33-27-37-54-46(52)41(29-23-17-13-9-4)31-25-21-19-15-11-7-2/h40-42,48H,6-39H2,1-5H3. The minimum Gasteiger partial charge on any atom is -0.465 e. The lowest BCUT2D eigenvalue weighted by Gasteiger charge is -2.23. The van der Waals surface area contributed by atoms with Crippen LogP contribution in [-0.2, 0) is 38.1 Å². The fourth-order valence-corrected chi connectivity index (χ4v) is 6.99. The zero-order chi connectivity index (χ0) is 41.5. The van der Waals surface area contributed by atoms with Gasteiger partial charge >= 0.3 is 23.9 Å². The summed E-state index contributed by atoms with van der Waals surface area (Å²) < 4.78 is 22.4. The van der Waals surface area contributed by atoms with E-state index in [1.54, 1.807) is 11.9 Å². The summed E-state index contributed by atoms with van der Waals surface area (Å²) in [4.78, 5) is 53.2. The van der Waals surface area contributed by atoms with Crippen molar-refractivity contribution >= 4 is 23.9 Å². The van der Waals surface area contributed by atoms with Gasteiger partial charge in [0.2, 0.25) is 0 Å². The van der Waals surface area contributed by atoms with Crippen LogP contribution in [-0.4, -0.2) is 86.6 Å². The van der Waals surface area contributed by atoms with Crippen molar-refractivity contribution in [2.75, 3.05) is 46.6 Å². The number of nitrogens with zero attached hydrogens (tertiary/aromatic N) is 1. The molecule has 330 valence electrons. The van der Waals surface area contributed by atoms with Gasteiger partial charge in [-0.05, 0) is 45.6 Å². The van der Waals surface area contributed by atoms with Crippen molar-refractivity contribution < 1.29 is 43.2 Å². The Hall–Kier alpha value is -2.20. The number of unbranched alkanes of at least 4 members (excludes halogenated alkanes) is 16. The van der Waals surface area contributed by atoms with Gasteiger partial charge in [0.25, 0.3) is 0 Å². The second-order valence-electron chi connectivity index (χ2n) is 16.0. The molecule has 0 spiro atoms. The van der Waals surface area contributed by atoms with E-state index < -0.39 is 18.0 Å². The Morgan fingerprint density at radius 3 is 1.29 bits per heavy atom. The van der Waals surface area contributed by atoms with Crippen LogP contribution in [0.5, 0.6) is 0 Å². The molecule has 3 unspecified atom stereocenters. The highest BCUT2D eigenvalue weighted by Gasteiger charge is 2.22. The zero-order valence-corrected chi connectivity index (χ0v) is 36.9. The predicted octanol–water partition coefficient (Wildman–Crippen LogP) is 10.7. The Labute approximate surface area is 343 Å². The summed E-state index contributed by atoms with van der Waals surface area (Å²) in [7, 11) is 1.79. The van der Waals surface area contributed by atoms with E-state index in [0.29, 0.717) is 19.4 Å². The van der Waals surface area contributed by atoms with Gasteiger partial charge in [-0.15, -0.1) is 0 Å². The number of ether oxygens (including phenoxy) is 4. The smallest absolute Gasteiger partial charge is 0.308 e. The molecule has 0 bridgehead atoms. The lowest BCUT2D eigenvalue weighted by Crippen LogP contribution is -2.37. The molecule has 0 aliphatic carbocycles. The molecule has 0 aromatic heterocycles. The van der Waals surface area contributed by atoms with Crippen molar-refractivity contribution in [3.63, 3.8) is 0 Å². The predicted molar refractivity (Wildman–Crippen MR) is 226 cm³/mol. The maximum atomic E-state index is 13.0. The Morgan fingerprint density at radius 2 is 0.875 bits per heavy atom. The number of aliphatic hydroxyl groups is 1. The first kappa shape index (κ1) is 53.8. The van der Waals surface area contributed by atoms with Gasteiger partial charge < -0.3 is 29.0 Å². The van der Waals surface area contributed by atoms with Crippen molar-refractivity contribution in [1.29, 1.82) is 0 Å². The third-order valence-corrected chi connectivity index (χ3v) is 10.6. The van der Waals surface area contributed by atoms with Gasteiger partial charge in [-0.25, -0.2) is 0 Å². The third-order valence-electron chi connectivity index (χ3n) is 10.6. The van der Waals surface area contributed by atoms with Crippen LogP contribution < -0.4 is 0 Å². The van der Waals surface area contributed by atoms with Gasteiger partial charge in [0, 0.05) is 25.9 Å². The normalized spacial score (nSPS) is 13.0. The summed E-state index contributed by atoms with van der Waals surface area (Å²) >= 11 is 0. The monoisotopic (exact) mass is 798 g/mol. The van der Waals surface area contributed by atoms with E-state index in [-0.39, 0.29) is 69.6 Å². The number of likely N-dealkylation sites (N-methyl/N-ethyl adjacent to an activating group) is 1. The molecule has 0 heterocycles. The van der Waals surface area contributed by atoms with Crippen molar-refractivity contribution in [3.8, 4) is 0 Å². The third kappa shape index (κ3) is 32.8. The molecule has 0 aromatic carbocycles. The van der Waals surface area contributed by atoms with Crippen LogP contribution in [0.2, 0.25) is 0 Å². The molecule has 56 heavy (non-hydrogen) atoms. The van der Waals surface area contributed by atoms with Crippen molar-refractivity contribution in [1.82, 2.24) is 4.90 Å². The molecule has 0 aliphatic heterocycles. The van der Waals surface area contributed by atoms with Crippen molar-refractivity contribution in [2.24, 2.45) is 11.8 Å². The molecule has 3 atom stereocenters. The van der Waals surface area contributed by atoms with Crippen LogP contribution in [0.1, 0.15) is 207 Å². The van der Waals surface area contributed by atoms with Crippen LogP contribution in [0.15, 0.2) is 0 Å². The van der Waals surface area contributed by atoms with Gasteiger partial charge in [0.15, 0.2) is 0 Å². The lowest BCUT2D eigenvalue weighted by molar-refractivity contribution is -0.161. The molecule has 0 saturated carbocycles. The molecule has 10 nitrogen and oxygen atoms in total. The van der Waals surface area contributed by atoms with E-state index >= 15 is 0 Å². The van der Waals surface area contributed by atoms with Gasteiger partial charge in [-0.3, -0.25) is 19.2 Å². The van der Waals surface area contributed by atoms with Gasteiger partial charge in [-0.2, -0.15) is 0 Å². The first-order valence-electron chi connectivity index (χ1n) is 23.2. The number of aliphatic hydroxyl groups excluding tert-OH is 1. The topological polar surface area (TPSA) is 129 Å². The van der Waals surface area contributed by atoms with Crippen LogP contribution in [0.4, 0.5) is 0 Å². The SMILES string of the molecule is CCCCCCCCC(CCCCCC)C(=O)OCCCC(=O)OCC(CN(C)CCO)OC(=O)CCCOC(=O)C(CCCCCC)CCCCCCCC. The quantitative estimate of drug-likeness (QED) is 0.0363. The average Bonchev–Trinajstić information content (AvgIpc) is 3.18. The van der Waals surface area contributed by atoms with Gasteiger partial charge in [-0.1, -0.05) is 156 Å². The maximum Gasteiger partial charge on any atom is 0.308 e. The van der Waals surface area contributed by atoms with Crippen LogP contribution in [0.25, 0.3) is 0 Å². The Kier molecular flexibility index (Phi) is 38.1. The minimum atomic E-state index is -0.719. The van der Waals surface area contributed by atoms with E-state index in [1.165, 1.54) is 64.2 Å². The van der Waals surface area contributed by atoms with Crippen LogP contribution in [0.3, 0.4) is 0 Å². The van der Waals surface area contributed by atoms with Crippen LogP contribution in [0, 0.1) is 11.8 Å². The molecular weight excluding hydrogens is 711 g/mol. The van der Waals surface area contributed by atoms with E-state index in [2.05, 4.69) is 27.7 Å². The number of esters is 4. The zero-order valence-electron chi connectivity index (χ0n) is 36.9. The van der Waals surface area contributed by atoms with Gasteiger partial charge in [0.1, 0.15) is 12.7 Å². The first-order valence-corrected chi connectivity index (χ1v) is 23.2. The number of rotatable bonds is 41. The summed E-state index contributed by atoms with van der Waals surface area (Å²) in [6.07, 6.45) is 26.8. The number of hydrogen-bond donors (Lipinski definition) is 1. The fraction of sp³-hybridized carbons (Fsp3) is 0.913. The molecule has 10 heteroatoms. The maximum absolute atomic E-state index is 13.0. The first-order chi connectivity index (χ1) is 27.2. The highest BCUT2D eigenvalue weighted by atomic mass is 16.6. The number of carbonyl (C=O) groups excluding carboxylic acids is 4. The highest BCUT2D eigenvalue weighted by molar-refractivity contribution is 5.73. The molecule has 0 radical (unpaired) electrons. The summed E-state index contributed by atoms with van der Waals surface area (Å²) in [5, 5.41) is 9.37. The molecule has 0 aliphatic rings.